The molecule has 20 heavy (non-hydrogen) atoms. The molecule has 2 fully saturated rings. The normalized spacial score (nSPS) is 19.8. The molecule has 0 unspecified atom stereocenters. The number of rotatable bonds is 7. The first-order valence-electron chi connectivity index (χ1n) is 6.98. The molecule has 0 saturated heterocycles. The molecule has 0 atom stereocenters. The lowest BCUT2D eigenvalue weighted by Gasteiger charge is -2.21. The average Bonchev–Trinajstić information content (AvgIpc) is 3.24. The summed E-state index contributed by atoms with van der Waals surface area (Å²) < 4.78 is 42.7. The summed E-state index contributed by atoms with van der Waals surface area (Å²) in [5.74, 6) is 0.508. The maximum absolute atomic E-state index is 12.5. The zero-order chi connectivity index (χ0) is 14.2. The highest BCUT2D eigenvalue weighted by Crippen LogP contribution is 2.31. The van der Waals surface area contributed by atoms with Crippen LogP contribution in [0.25, 0.3) is 0 Å². The first-order chi connectivity index (χ1) is 9.49. The molecule has 0 aliphatic heterocycles. The largest absolute Gasteiger partial charge is 0.401 e. The van der Waals surface area contributed by atoms with E-state index in [1.54, 1.807) is 6.07 Å². The first-order valence-corrected chi connectivity index (χ1v) is 6.98. The van der Waals surface area contributed by atoms with Crippen LogP contribution in [0.1, 0.15) is 37.1 Å². The van der Waals surface area contributed by atoms with Crippen molar-refractivity contribution in [1.29, 1.82) is 0 Å². The van der Waals surface area contributed by atoms with Crippen LogP contribution in [0, 0.1) is 0 Å². The molecule has 1 heterocycles. The summed E-state index contributed by atoms with van der Waals surface area (Å²) in [6.45, 7) is -0.0779. The summed E-state index contributed by atoms with van der Waals surface area (Å²) in [4.78, 5) is 1.43. The fraction of sp³-hybridized carbons (Fsp3) is 0.769. The van der Waals surface area contributed by atoms with Crippen LogP contribution in [0.5, 0.6) is 0 Å². The number of alkyl halides is 3. The number of halogens is 3. The van der Waals surface area contributed by atoms with Crippen molar-refractivity contribution >= 4 is 0 Å². The van der Waals surface area contributed by atoms with Crippen LogP contribution in [-0.2, 0) is 13.1 Å². The van der Waals surface area contributed by atoms with Crippen LogP contribution in [-0.4, -0.2) is 34.9 Å². The molecule has 7 heteroatoms. The van der Waals surface area contributed by atoms with E-state index in [-0.39, 0.29) is 12.6 Å². The molecule has 1 N–H and O–H groups in total. The minimum atomic E-state index is -4.17. The number of hydrogen-bond acceptors (Lipinski definition) is 4. The van der Waals surface area contributed by atoms with Crippen LogP contribution >= 0.6 is 0 Å². The third-order valence-corrected chi connectivity index (χ3v) is 3.56. The second-order valence-electron chi connectivity index (χ2n) is 5.69. The van der Waals surface area contributed by atoms with Gasteiger partial charge in [-0.25, -0.2) is 0 Å². The van der Waals surface area contributed by atoms with Gasteiger partial charge in [-0.3, -0.25) is 4.90 Å². The van der Waals surface area contributed by atoms with Gasteiger partial charge in [0.25, 0.3) is 0 Å². The Kier molecular flexibility index (Phi) is 3.72. The minimum absolute atomic E-state index is 0.0368. The molecule has 2 saturated carbocycles. The van der Waals surface area contributed by atoms with Gasteiger partial charge in [-0.05, 0) is 25.7 Å². The van der Waals surface area contributed by atoms with Gasteiger partial charge in [-0.15, -0.1) is 0 Å². The molecule has 1 aromatic rings. The fourth-order valence-electron chi connectivity index (χ4n) is 2.23. The summed E-state index contributed by atoms with van der Waals surface area (Å²) in [6.07, 6.45) is -0.128. The molecule has 0 bridgehead atoms. The predicted molar refractivity (Wildman–Crippen MR) is 65.9 cm³/mol. The highest BCUT2D eigenvalue weighted by Gasteiger charge is 2.38. The Morgan fingerprint density at radius 2 is 2.05 bits per heavy atom. The van der Waals surface area contributed by atoms with Crippen LogP contribution in [0.2, 0.25) is 0 Å². The van der Waals surface area contributed by atoms with E-state index in [9.17, 15) is 13.2 Å². The lowest BCUT2D eigenvalue weighted by Crippen LogP contribution is -2.35. The van der Waals surface area contributed by atoms with Gasteiger partial charge in [0.2, 0.25) is 0 Å². The van der Waals surface area contributed by atoms with Crippen molar-refractivity contribution < 1.29 is 17.7 Å². The lowest BCUT2D eigenvalue weighted by molar-refractivity contribution is -0.149. The Hall–Kier alpha value is -1.08. The summed E-state index contributed by atoms with van der Waals surface area (Å²) in [6, 6.07) is 2.36. The van der Waals surface area contributed by atoms with Crippen molar-refractivity contribution in [3.63, 3.8) is 0 Å². The topological polar surface area (TPSA) is 41.3 Å². The second-order valence-corrected chi connectivity index (χ2v) is 5.69. The molecule has 4 nitrogen and oxygen atoms in total. The summed E-state index contributed by atoms with van der Waals surface area (Å²) in [5.41, 5.74) is 0.759. The van der Waals surface area contributed by atoms with Crippen LogP contribution < -0.4 is 5.32 Å². The van der Waals surface area contributed by atoms with Crippen molar-refractivity contribution in [1.82, 2.24) is 15.4 Å². The molecule has 1 aromatic heterocycles. The summed E-state index contributed by atoms with van der Waals surface area (Å²) in [7, 11) is 0. The maximum atomic E-state index is 12.5. The quantitative estimate of drug-likeness (QED) is 0.837. The summed E-state index contributed by atoms with van der Waals surface area (Å²) in [5, 5.41) is 7.20. The number of aromatic nitrogens is 1. The highest BCUT2D eigenvalue weighted by atomic mass is 19.4. The zero-order valence-electron chi connectivity index (χ0n) is 11.1. The van der Waals surface area contributed by atoms with Crippen LogP contribution in [0.3, 0.4) is 0 Å². The SMILES string of the molecule is FC(F)(F)CN(Cc1cc(CNC2CC2)no1)C1CC1. The van der Waals surface area contributed by atoms with Crippen molar-refractivity contribution in [3.8, 4) is 0 Å². The molecule has 2 aliphatic carbocycles. The van der Waals surface area contributed by atoms with E-state index in [2.05, 4.69) is 10.5 Å². The molecular formula is C13H18F3N3O. The molecule has 0 aromatic carbocycles. The van der Waals surface area contributed by atoms with Crippen molar-refractivity contribution in [2.45, 2.75) is 57.0 Å². The van der Waals surface area contributed by atoms with Gasteiger partial charge in [-0.2, -0.15) is 13.2 Å². The van der Waals surface area contributed by atoms with E-state index < -0.39 is 12.7 Å². The minimum Gasteiger partial charge on any atom is -0.360 e. The molecular weight excluding hydrogens is 271 g/mol. The maximum Gasteiger partial charge on any atom is 0.401 e. The number of nitrogens with one attached hydrogen (secondary N) is 1. The standard InChI is InChI=1S/C13H18F3N3O/c14-13(15,16)8-19(11-3-4-11)7-12-5-10(18-20-12)6-17-9-1-2-9/h5,9,11,17H,1-4,6-8H2. The molecule has 112 valence electrons. The predicted octanol–water partition coefficient (Wildman–Crippen LogP) is 2.45. The Balaban J connectivity index is 1.54. The monoisotopic (exact) mass is 289 g/mol. The first kappa shape index (κ1) is 13.9. The van der Waals surface area contributed by atoms with Gasteiger partial charge in [-0.1, -0.05) is 5.16 Å². The summed E-state index contributed by atoms with van der Waals surface area (Å²) >= 11 is 0. The van der Waals surface area contributed by atoms with Gasteiger partial charge in [0, 0.05) is 24.7 Å². The molecule has 0 radical (unpaired) electrons. The average molecular weight is 289 g/mol. The Morgan fingerprint density at radius 1 is 1.30 bits per heavy atom. The van der Waals surface area contributed by atoms with Crippen molar-refractivity contribution in [2.24, 2.45) is 0 Å². The van der Waals surface area contributed by atoms with E-state index in [0.717, 1.165) is 18.5 Å². The van der Waals surface area contributed by atoms with Gasteiger partial charge >= 0.3 is 6.18 Å². The molecule has 2 aliphatic rings. The van der Waals surface area contributed by atoms with Gasteiger partial charge in [0.1, 0.15) is 0 Å². The Labute approximate surface area is 115 Å². The van der Waals surface area contributed by atoms with Crippen LogP contribution in [0.4, 0.5) is 13.2 Å². The third kappa shape index (κ3) is 4.21. The third-order valence-electron chi connectivity index (χ3n) is 3.56. The Bertz CT molecular complexity index is 452. The zero-order valence-corrected chi connectivity index (χ0v) is 11.1. The molecule has 3 rings (SSSR count). The fourth-order valence-corrected chi connectivity index (χ4v) is 2.23. The van der Waals surface area contributed by atoms with Gasteiger partial charge in [0.15, 0.2) is 5.76 Å². The van der Waals surface area contributed by atoms with Gasteiger partial charge < -0.3 is 9.84 Å². The van der Waals surface area contributed by atoms with E-state index in [0.29, 0.717) is 18.3 Å². The smallest absolute Gasteiger partial charge is 0.360 e. The number of nitrogens with zero attached hydrogens (tertiary/aromatic N) is 2. The van der Waals surface area contributed by atoms with Crippen molar-refractivity contribution in [3.05, 3.63) is 17.5 Å². The number of hydrogen-bond donors (Lipinski definition) is 1. The molecule has 0 amide bonds. The van der Waals surface area contributed by atoms with E-state index in [1.165, 1.54) is 17.7 Å². The van der Waals surface area contributed by atoms with Crippen molar-refractivity contribution in [2.75, 3.05) is 6.54 Å². The van der Waals surface area contributed by atoms with Gasteiger partial charge in [0.05, 0.1) is 18.8 Å². The van der Waals surface area contributed by atoms with E-state index in [4.69, 9.17) is 4.52 Å². The molecule has 0 spiro atoms. The highest BCUT2D eigenvalue weighted by molar-refractivity contribution is 5.06. The second kappa shape index (κ2) is 5.37. The Morgan fingerprint density at radius 3 is 2.65 bits per heavy atom. The van der Waals surface area contributed by atoms with E-state index >= 15 is 0 Å². The lowest BCUT2D eigenvalue weighted by atomic mass is 10.3. The van der Waals surface area contributed by atoms with E-state index in [1.807, 2.05) is 0 Å². The van der Waals surface area contributed by atoms with Crippen LogP contribution in [0.15, 0.2) is 10.6 Å².